The summed E-state index contributed by atoms with van der Waals surface area (Å²) in [4.78, 5) is 28.7. The highest BCUT2D eigenvalue weighted by Gasteiger charge is 2.32. The molecule has 0 saturated carbocycles. The van der Waals surface area contributed by atoms with Crippen molar-refractivity contribution in [2.45, 2.75) is 32.4 Å². The van der Waals surface area contributed by atoms with Gasteiger partial charge in [-0.05, 0) is 24.5 Å². The van der Waals surface area contributed by atoms with E-state index in [9.17, 15) is 9.59 Å². The highest BCUT2D eigenvalue weighted by Crippen LogP contribution is 2.31. The molecule has 1 aromatic rings. The quantitative estimate of drug-likeness (QED) is 0.790. The molecule has 1 aromatic carbocycles. The van der Waals surface area contributed by atoms with E-state index in [0.717, 1.165) is 5.56 Å². The second kappa shape index (κ2) is 8.58. The molecule has 1 unspecified atom stereocenters. The molecule has 1 aliphatic heterocycles. The number of halogens is 1. The normalized spacial score (nSPS) is 18.6. The van der Waals surface area contributed by atoms with E-state index in [0.29, 0.717) is 34.1 Å². The smallest absolute Gasteiger partial charge is 0.240 e. The number of amidine groups is 1. The van der Waals surface area contributed by atoms with Crippen LogP contribution in [0.3, 0.4) is 0 Å². The Morgan fingerprint density at radius 1 is 1.48 bits per heavy atom. The Labute approximate surface area is 156 Å². The van der Waals surface area contributed by atoms with Crippen LogP contribution in [0.1, 0.15) is 25.8 Å². The van der Waals surface area contributed by atoms with Crippen molar-refractivity contribution in [1.29, 1.82) is 0 Å². The monoisotopic (exact) mass is 383 g/mol. The van der Waals surface area contributed by atoms with Crippen molar-refractivity contribution in [3.63, 3.8) is 0 Å². The first kappa shape index (κ1) is 19.6. The van der Waals surface area contributed by atoms with Crippen LogP contribution < -0.4 is 15.4 Å². The van der Waals surface area contributed by atoms with E-state index >= 15 is 0 Å². The molecule has 0 radical (unpaired) electrons. The summed E-state index contributed by atoms with van der Waals surface area (Å²) >= 11 is 7.35. The van der Waals surface area contributed by atoms with Crippen LogP contribution in [-0.2, 0) is 9.59 Å². The molecular weight excluding hydrogens is 362 g/mol. The fourth-order valence-electron chi connectivity index (χ4n) is 2.18. The van der Waals surface area contributed by atoms with Gasteiger partial charge in [0.2, 0.25) is 11.8 Å². The molecule has 1 atom stereocenters. The number of methoxy groups -OCH3 is 1. The van der Waals surface area contributed by atoms with E-state index in [1.807, 2.05) is 6.92 Å². The Morgan fingerprint density at radius 2 is 2.20 bits per heavy atom. The van der Waals surface area contributed by atoms with Crippen molar-refractivity contribution < 1.29 is 14.3 Å². The Bertz CT molecular complexity index is 707. The molecule has 0 bridgehead atoms. The summed E-state index contributed by atoms with van der Waals surface area (Å²) in [6.45, 7) is 6.59. The molecule has 136 valence electrons. The third-order valence-corrected chi connectivity index (χ3v) is 5.03. The number of benzene rings is 1. The van der Waals surface area contributed by atoms with Crippen LogP contribution in [-0.4, -0.2) is 35.9 Å². The number of aryl methyl sites for hydroxylation is 1. The van der Waals surface area contributed by atoms with Crippen molar-refractivity contribution in [3.8, 4) is 5.75 Å². The van der Waals surface area contributed by atoms with Crippen molar-refractivity contribution >= 4 is 46.0 Å². The maximum absolute atomic E-state index is 12.3. The number of rotatable bonds is 6. The third-order valence-electron chi connectivity index (χ3n) is 3.50. The van der Waals surface area contributed by atoms with Gasteiger partial charge in [-0.25, -0.2) is 0 Å². The number of carbonyl (C=O) groups excluding carboxylic acids is 2. The second-order valence-corrected chi connectivity index (χ2v) is 7.79. The Morgan fingerprint density at radius 3 is 2.84 bits per heavy atom. The van der Waals surface area contributed by atoms with Crippen molar-refractivity contribution in [3.05, 3.63) is 22.7 Å². The maximum Gasteiger partial charge on any atom is 0.240 e. The standard InChI is InChI=1S/C17H22ClN3O3S/c1-9(2)8-19-17-21-16(23)14(25-17)7-15(22)20-12-5-10(3)11(18)6-13(12)24-4/h5-6,9,14H,7-8H2,1-4H3,(H,20,22)(H,19,21,23). The average Bonchev–Trinajstić information content (AvgIpc) is 2.88. The molecule has 2 rings (SSSR count). The van der Waals surface area contributed by atoms with Gasteiger partial charge in [0, 0.05) is 24.1 Å². The molecule has 1 fully saturated rings. The second-order valence-electron chi connectivity index (χ2n) is 6.19. The number of thioether (sulfide) groups is 1. The van der Waals surface area contributed by atoms with Gasteiger partial charge in [0.15, 0.2) is 5.17 Å². The van der Waals surface area contributed by atoms with Crippen LogP contribution in [0.2, 0.25) is 5.02 Å². The van der Waals surface area contributed by atoms with Gasteiger partial charge in [-0.15, -0.1) is 0 Å². The summed E-state index contributed by atoms with van der Waals surface area (Å²) < 4.78 is 5.24. The van der Waals surface area contributed by atoms with Crippen LogP contribution in [0.4, 0.5) is 5.69 Å². The molecular formula is C17H22ClN3O3S. The Hall–Kier alpha value is -1.73. The van der Waals surface area contributed by atoms with Crippen LogP contribution in [0.15, 0.2) is 17.1 Å². The summed E-state index contributed by atoms with van der Waals surface area (Å²) in [6.07, 6.45) is 0.0576. The van der Waals surface area contributed by atoms with E-state index in [1.165, 1.54) is 18.9 Å². The predicted molar refractivity (Wildman–Crippen MR) is 103 cm³/mol. The zero-order chi connectivity index (χ0) is 18.6. The highest BCUT2D eigenvalue weighted by atomic mass is 35.5. The van der Waals surface area contributed by atoms with Gasteiger partial charge in [-0.3, -0.25) is 14.6 Å². The first-order chi connectivity index (χ1) is 11.8. The number of nitrogens with zero attached hydrogens (tertiary/aromatic N) is 1. The number of carbonyl (C=O) groups is 2. The zero-order valence-electron chi connectivity index (χ0n) is 14.7. The lowest BCUT2D eigenvalue weighted by atomic mass is 10.2. The SMILES string of the molecule is COc1cc(Cl)c(C)cc1NC(=O)CC1SC(=NCC(C)C)NC1=O. The summed E-state index contributed by atoms with van der Waals surface area (Å²) in [5, 5.41) is 6.17. The van der Waals surface area contributed by atoms with Crippen LogP contribution in [0, 0.1) is 12.8 Å². The fourth-order valence-corrected chi connectivity index (χ4v) is 3.31. The number of aliphatic imine (C=N–C) groups is 1. The van der Waals surface area contributed by atoms with Gasteiger partial charge in [-0.1, -0.05) is 37.2 Å². The van der Waals surface area contributed by atoms with Gasteiger partial charge in [-0.2, -0.15) is 0 Å². The molecule has 8 heteroatoms. The first-order valence-electron chi connectivity index (χ1n) is 7.96. The molecule has 0 spiro atoms. The largest absolute Gasteiger partial charge is 0.495 e. The number of amides is 2. The lowest BCUT2D eigenvalue weighted by Gasteiger charge is -2.13. The molecule has 1 heterocycles. The molecule has 0 aromatic heterocycles. The van der Waals surface area contributed by atoms with Crippen LogP contribution in [0.5, 0.6) is 5.75 Å². The van der Waals surface area contributed by atoms with Crippen molar-refractivity contribution in [1.82, 2.24) is 5.32 Å². The van der Waals surface area contributed by atoms with E-state index < -0.39 is 5.25 Å². The lowest BCUT2D eigenvalue weighted by molar-refractivity contribution is -0.122. The molecule has 2 amide bonds. The van der Waals surface area contributed by atoms with E-state index in [-0.39, 0.29) is 18.2 Å². The first-order valence-corrected chi connectivity index (χ1v) is 9.22. The highest BCUT2D eigenvalue weighted by molar-refractivity contribution is 8.15. The molecule has 1 saturated heterocycles. The number of hydrogen-bond acceptors (Lipinski definition) is 5. The van der Waals surface area contributed by atoms with E-state index in [4.69, 9.17) is 16.3 Å². The minimum atomic E-state index is -0.481. The summed E-state index contributed by atoms with van der Waals surface area (Å²) in [6, 6.07) is 3.40. The van der Waals surface area contributed by atoms with Gasteiger partial charge in [0.25, 0.3) is 0 Å². The summed E-state index contributed by atoms with van der Waals surface area (Å²) in [7, 11) is 1.51. The minimum absolute atomic E-state index is 0.0576. The summed E-state index contributed by atoms with van der Waals surface area (Å²) in [5.74, 6) is 0.430. The molecule has 0 aliphatic carbocycles. The van der Waals surface area contributed by atoms with Gasteiger partial charge in [0.05, 0.1) is 12.8 Å². The van der Waals surface area contributed by atoms with Gasteiger partial charge in [0.1, 0.15) is 11.0 Å². The molecule has 25 heavy (non-hydrogen) atoms. The third kappa shape index (κ3) is 5.37. The van der Waals surface area contributed by atoms with Gasteiger partial charge >= 0.3 is 0 Å². The molecule has 6 nitrogen and oxygen atoms in total. The Kier molecular flexibility index (Phi) is 6.72. The number of hydrogen-bond donors (Lipinski definition) is 2. The zero-order valence-corrected chi connectivity index (χ0v) is 16.3. The van der Waals surface area contributed by atoms with Crippen LogP contribution >= 0.6 is 23.4 Å². The van der Waals surface area contributed by atoms with Gasteiger partial charge < -0.3 is 15.4 Å². The maximum atomic E-state index is 12.3. The lowest BCUT2D eigenvalue weighted by Crippen LogP contribution is -2.28. The minimum Gasteiger partial charge on any atom is -0.495 e. The molecule has 1 aliphatic rings. The van der Waals surface area contributed by atoms with Crippen molar-refractivity contribution in [2.24, 2.45) is 10.9 Å². The van der Waals surface area contributed by atoms with E-state index in [2.05, 4.69) is 29.5 Å². The van der Waals surface area contributed by atoms with E-state index in [1.54, 1.807) is 12.1 Å². The fraction of sp³-hybridized carbons (Fsp3) is 0.471. The molecule has 2 N–H and O–H groups in total. The summed E-state index contributed by atoms with van der Waals surface area (Å²) in [5.41, 5.74) is 1.36. The number of ether oxygens (including phenoxy) is 1. The topological polar surface area (TPSA) is 79.8 Å². The van der Waals surface area contributed by atoms with Crippen LogP contribution in [0.25, 0.3) is 0 Å². The Balaban J connectivity index is 2.00. The predicted octanol–water partition coefficient (Wildman–Crippen LogP) is 3.23. The average molecular weight is 384 g/mol. The number of anilines is 1. The van der Waals surface area contributed by atoms with Crippen molar-refractivity contribution in [2.75, 3.05) is 19.0 Å². The number of nitrogens with one attached hydrogen (secondary N) is 2.